The maximum Gasteiger partial charge on any atom is 0.276 e. The second kappa shape index (κ2) is 7.55. The third kappa shape index (κ3) is 3.68. The molecule has 0 saturated carbocycles. The first-order valence-corrected chi connectivity index (χ1v) is 9.46. The summed E-state index contributed by atoms with van der Waals surface area (Å²) < 4.78 is 0. The molecule has 2 N–H and O–H groups in total. The fourth-order valence-electron chi connectivity index (χ4n) is 3.46. The number of nitrogens with two attached hydrogens (primary N) is 1. The van der Waals surface area contributed by atoms with Gasteiger partial charge in [-0.05, 0) is 44.0 Å². The number of nitrogen functional groups attached to an aromatic ring is 1. The average Bonchev–Trinajstić information content (AvgIpc) is 3.09. The van der Waals surface area contributed by atoms with Crippen LogP contribution in [0.1, 0.15) is 40.6 Å². The summed E-state index contributed by atoms with van der Waals surface area (Å²) in [6, 6.07) is 9.05. The van der Waals surface area contributed by atoms with Gasteiger partial charge >= 0.3 is 0 Å². The molecule has 4 rings (SSSR count). The molecule has 9 heteroatoms. The number of halogens is 1. The first-order chi connectivity index (χ1) is 13.5. The van der Waals surface area contributed by atoms with Crippen molar-refractivity contribution in [2.24, 2.45) is 0 Å². The van der Waals surface area contributed by atoms with Crippen molar-refractivity contribution in [1.29, 1.82) is 0 Å². The van der Waals surface area contributed by atoms with Gasteiger partial charge in [0.2, 0.25) is 5.95 Å². The highest BCUT2D eigenvalue weighted by Gasteiger charge is 2.29. The number of piperidine rings is 1. The van der Waals surface area contributed by atoms with Crippen LogP contribution in [0.25, 0.3) is 5.69 Å². The van der Waals surface area contributed by atoms with Gasteiger partial charge in [-0.3, -0.25) is 4.79 Å². The highest BCUT2D eigenvalue weighted by Crippen LogP contribution is 2.27. The molecule has 1 fully saturated rings. The van der Waals surface area contributed by atoms with E-state index in [1.807, 2.05) is 23.1 Å². The van der Waals surface area contributed by atoms with Crippen molar-refractivity contribution in [3.8, 4) is 5.69 Å². The third-order valence-electron chi connectivity index (χ3n) is 4.85. The molecule has 0 bridgehead atoms. The van der Waals surface area contributed by atoms with E-state index >= 15 is 0 Å². The van der Waals surface area contributed by atoms with E-state index in [1.165, 1.54) is 4.80 Å². The van der Waals surface area contributed by atoms with Crippen LogP contribution in [0.4, 0.5) is 5.95 Å². The van der Waals surface area contributed by atoms with Crippen LogP contribution < -0.4 is 5.73 Å². The van der Waals surface area contributed by atoms with Gasteiger partial charge in [0.25, 0.3) is 5.91 Å². The SMILES string of the molecule is Cc1nn(-c2cccc(Cl)c2)nc1C(=O)N1CCCC(c2ccnc(N)n2)C1. The minimum Gasteiger partial charge on any atom is -0.368 e. The van der Waals surface area contributed by atoms with Crippen molar-refractivity contribution in [3.63, 3.8) is 0 Å². The van der Waals surface area contributed by atoms with Gasteiger partial charge in [-0.1, -0.05) is 17.7 Å². The van der Waals surface area contributed by atoms with E-state index in [0.29, 0.717) is 35.2 Å². The maximum absolute atomic E-state index is 13.1. The molecule has 0 spiro atoms. The van der Waals surface area contributed by atoms with Gasteiger partial charge in [-0.25, -0.2) is 9.97 Å². The maximum atomic E-state index is 13.1. The molecule has 0 aliphatic carbocycles. The number of carbonyl (C=O) groups is 1. The molecule has 1 aliphatic rings. The van der Waals surface area contributed by atoms with Gasteiger partial charge in [-0.15, -0.1) is 5.10 Å². The zero-order valence-electron chi connectivity index (χ0n) is 15.4. The Kier molecular flexibility index (Phi) is 4.95. The Bertz CT molecular complexity index is 1020. The lowest BCUT2D eigenvalue weighted by Crippen LogP contribution is -2.39. The standard InChI is InChI=1S/C19H20ClN7O/c1-12-17(25-27(24-12)15-6-2-5-14(20)10-15)18(28)26-9-3-4-13(11-26)16-7-8-22-19(21)23-16/h2,5-8,10,13H,3-4,9,11H2,1H3,(H2,21,22,23). The minimum atomic E-state index is -0.127. The van der Waals surface area contributed by atoms with E-state index in [2.05, 4.69) is 20.2 Å². The number of anilines is 1. The number of likely N-dealkylation sites (tertiary alicyclic amines) is 1. The van der Waals surface area contributed by atoms with E-state index in [4.69, 9.17) is 17.3 Å². The average molecular weight is 398 g/mol. The molecule has 1 saturated heterocycles. The Balaban J connectivity index is 1.56. The highest BCUT2D eigenvalue weighted by atomic mass is 35.5. The van der Waals surface area contributed by atoms with Crippen LogP contribution in [-0.2, 0) is 0 Å². The molecule has 1 aliphatic heterocycles. The smallest absolute Gasteiger partial charge is 0.276 e. The lowest BCUT2D eigenvalue weighted by atomic mass is 9.94. The Morgan fingerprint density at radius 3 is 2.93 bits per heavy atom. The van der Waals surface area contributed by atoms with Gasteiger partial charge in [0.05, 0.1) is 17.1 Å². The van der Waals surface area contributed by atoms with Crippen molar-refractivity contribution in [2.45, 2.75) is 25.7 Å². The summed E-state index contributed by atoms with van der Waals surface area (Å²) in [7, 11) is 0. The van der Waals surface area contributed by atoms with Crippen LogP contribution in [0.3, 0.4) is 0 Å². The van der Waals surface area contributed by atoms with Crippen LogP contribution in [0, 0.1) is 6.92 Å². The van der Waals surface area contributed by atoms with Gasteiger partial charge < -0.3 is 10.6 Å². The number of amides is 1. The molecule has 1 unspecified atom stereocenters. The van der Waals surface area contributed by atoms with Gasteiger partial charge in [0.15, 0.2) is 5.69 Å². The van der Waals surface area contributed by atoms with E-state index in [-0.39, 0.29) is 17.8 Å². The number of carbonyl (C=O) groups excluding carboxylic acids is 1. The lowest BCUT2D eigenvalue weighted by Gasteiger charge is -2.32. The predicted octanol–water partition coefficient (Wildman–Crippen LogP) is 2.62. The summed E-state index contributed by atoms with van der Waals surface area (Å²) >= 11 is 6.05. The van der Waals surface area contributed by atoms with Crippen LogP contribution in [0.5, 0.6) is 0 Å². The number of nitrogens with zero attached hydrogens (tertiary/aromatic N) is 6. The molecule has 8 nitrogen and oxygen atoms in total. The molecule has 0 radical (unpaired) electrons. The molecule has 144 valence electrons. The normalized spacial score (nSPS) is 16.9. The second-order valence-electron chi connectivity index (χ2n) is 6.83. The summed E-state index contributed by atoms with van der Waals surface area (Å²) in [5.74, 6) is 0.255. The molecule has 3 heterocycles. The molecule has 2 aromatic heterocycles. The fourth-order valence-corrected chi connectivity index (χ4v) is 3.65. The molecule has 1 atom stereocenters. The van der Waals surface area contributed by atoms with E-state index < -0.39 is 0 Å². The van der Waals surface area contributed by atoms with Gasteiger partial charge in [-0.2, -0.15) is 9.90 Å². The van der Waals surface area contributed by atoms with E-state index in [0.717, 1.165) is 18.5 Å². The molecule has 3 aromatic rings. The number of benzene rings is 1. The Morgan fingerprint density at radius 2 is 2.14 bits per heavy atom. The van der Waals surface area contributed by atoms with Gasteiger partial charge in [0, 0.05) is 30.2 Å². The number of aryl methyl sites for hydroxylation is 1. The number of hydrogen-bond donors (Lipinski definition) is 1. The number of rotatable bonds is 3. The zero-order valence-corrected chi connectivity index (χ0v) is 16.2. The Labute approximate surface area is 167 Å². The summed E-state index contributed by atoms with van der Waals surface area (Å²) in [5.41, 5.74) is 8.21. The number of aromatic nitrogens is 5. The Hall–Kier alpha value is -3.00. The summed E-state index contributed by atoms with van der Waals surface area (Å²) in [4.78, 5) is 24.6. The summed E-state index contributed by atoms with van der Waals surface area (Å²) in [6.07, 6.45) is 3.50. The van der Waals surface area contributed by atoms with Crippen LogP contribution in [-0.4, -0.2) is 48.9 Å². The van der Waals surface area contributed by atoms with Crippen LogP contribution in [0.2, 0.25) is 5.02 Å². The second-order valence-corrected chi connectivity index (χ2v) is 7.27. The molecule has 1 aromatic carbocycles. The quantitative estimate of drug-likeness (QED) is 0.728. The largest absolute Gasteiger partial charge is 0.368 e. The summed E-state index contributed by atoms with van der Waals surface area (Å²) in [5, 5.41) is 9.39. The molecule has 1 amide bonds. The Morgan fingerprint density at radius 1 is 1.29 bits per heavy atom. The topological polar surface area (TPSA) is 103 Å². The fraction of sp³-hybridized carbons (Fsp3) is 0.316. The van der Waals surface area contributed by atoms with Crippen LogP contribution >= 0.6 is 11.6 Å². The third-order valence-corrected chi connectivity index (χ3v) is 5.08. The van der Waals surface area contributed by atoms with Crippen molar-refractivity contribution >= 4 is 23.5 Å². The van der Waals surface area contributed by atoms with Crippen molar-refractivity contribution in [1.82, 2.24) is 29.9 Å². The van der Waals surface area contributed by atoms with Crippen molar-refractivity contribution < 1.29 is 4.79 Å². The van der Waals surface area contributed by atoms with Gasteiger partial charge in [0.1, 0.15) is 0 Å². The zero-order chi connectivity index (χ0) is 19.7. The molecular formula is C19H20ClN7O. The van der Waals surface area contributed by atoms with E-state index in [9.17, 15) is 4.79 Å². The van der Waals surface area contributed by atoms with E-state index in [1.54, 1.807) is 25.3 Å². The first-order valence-electron chi connectivity index (χ1n) is 9.09. The highest BCUT2D eigenvalue weighted by molar-refractivity contribution is 6.30. The lowest BCUT2D eigenvalue weighted by molar-refractivity contribution is 0.0698. The monoisotopic (exact) mass is 397 g/mol. The summed E-state index contributed by atoms with van der Waals surface area (Å²) in [6.45, 7) is 3.03. The minimum absolute atomic E-state index is 0.127. The number of hydrogen-bond acceptors (Lipinski definition) is 6. The predicted molar refractivity (Wildman–Crippen MR) is 105 cm³/mol. The van der Waals surface area contributed by atoms with Crippen LogP contribution in [0.15, 0.2) is 36.5 Å². The van der Waals surface area contributed by atoms with Crippen molar-refractivity contribution in [3.05, 3.63) is 58.6 Å². The van der Waals surface area contributed by atoms with Crippen molar-refractivity contribution in [2.75, 3.05) is 18.8 Å². The first kappa shape index (κ1) is 18.4. The molecule has 28 heavy (non-hydrogen) atoms. The molecular weight excluding hydrogens is 378 g/mol.